The van der Waals surface area contributed by atoms with Gasteiger partial charge in [-0.3, -0.25) is 4.79 Å². The molecule has 1 heterocycles. The van der Waals surface area contributed by atoms with Crippen LogP contribution >= 0.6 is 11.8 Å². The summed E-state index contributed by atoms with van der Waals surface area (Å²) in [5.74, 6) is 0.122. The molecule has 3 nitrogen and oxygen atoms in total. The van der Waals surface area contributed by atoms with Gasteiger partial charge in [0.15, 0.2) is 0 Å². The number of carboxylic acids is 1. The van der Waals surface area contributed by atoms with Crippen molar-refractivity contribution < 1.29 is 9.90 Å². The number of rotatable bonds is 2. The van der Waals surface area contributed by atoms with Gasteiger partial charge in [0.2, 0.25) is 0 Å². The Morgan fingerprint density at radius 2 is 2.12 bits per heavy atom. The van der Waals surface area contributed by atoms with Crippen LogP contribution in [0.25, 0.3) is 0 Å². The Morgan fingerprint density at radius 1 is 1.47 bits per heavy atom. The maximum Gasteiger partial charge on any atom is 0.305 e. The molecule has 1 atom stereocenters. The van der Waals surface area contributed by atoms with E-state index in [1.807, 2.05) is 7.05 Å². The van der Waals surface area contributed by atoms with Gasteiger partial charge in [-0.05, 0) is 25.0 Å². The molecule has 1 aromatic rings. The molecule has 0 saturated carbocycles. The van der Waals surface area contributed by atoms with Gasteiger partial charge in [-0.1, -0.05) is 12.1 Å². The number of fused-ring (bicyclic) bond motifs is 1. The monoisotopic (exact) mass is 251 g/mol. The lowest BCUT2D eigenvalue weighted by Gasteiger charge is -2.36. The number of anilines is 1. The zero-order chi connectivity index (χ0) is 12.6. The Morgan fingerprint density at radius 3 is 2.76 bits per heavy atom. The van der Waals surface area contributed by atoms with E-state index in [4.69, 9.17) is 5.11 Å². The molecule has 92 valence electrons. The molecule has 0 saturated heterocycles. The van der Waals surface area contributed by atoms with Crippen molar-refractivity contribution in [1.29, 1.82) is 0 Å². The lowest BCUT2D eigenvalue weighted by molar-refractivity contribution is -0.137. The summed E-state index contributed by atoms with van der Waals surface area (Å²) in [6, 6.07) is 4.33. The standard InChI is InChI=1S/C13H17NO2S/c1-8-4-5-9(2)13-12(8)14(3)10(7-17-13)6-11(15)16/h4-5,10H,6-7H2,1-3H3,(H,15,16). The van der Waals surface area contributed by atoms with Gasteiger partial charge >= 0.3 is 5.97 Å². The van der Waals surface area contributed by atoms with Gasteiger partial charge in [0.25, 0.3) is 0 Å². The van der Waals surface area contributed by atoms with Crippen LogP contribution in [0.15, 0.2) is 17.0 Å². The molecule has 0 bridgehead atoms. The summed E-state index contributed by atoms with van der Waals surface area (Å²) in [7, 11) is 2.00. The van der Waals surface area contributed by atoms with Crippen LogP contribution in [0.4, 0.5) is 5.69 Å². The van der Waals surface area contributed by atoms with E-state index in [-0.39, 0.29) is 12.5 Å². The fraction of sp³-hybridized carbons (Fsp3) is 0.462. The van der Waals surface area contributed by atoms with Crippen LogP contribution in [0, 0.1) is 13.8 Å². The summed E-state index contributed by atoms with van der Waals surface area (Å²) in [5, 5.41) is 8.92. The van der Waals surface area contributed by atoms with Crippen LogP contribution in [0.5, 0.6) is 0 Å². The molecule has 4 heteroatoms. The van der Waals surface area contributed by atoms with Crippen molar-refractivity contribution in [1.82, 2.24) is 0 Å². The van der Waals surface area contributed by atoms with Crippen LogP contribution in [-0.2, 0) is 4.79 Å². The van der Waals surface area contributed by atoms with Crippen LogP contribution in [0.2, 0.25) is 0 Å². The van der Waals surface area contributed by atoms with Gasteiger partial charge in [0, 0.05) is 23.7 Å². The Kier molecular flexibility index (Phi) is 3.33. The Hall–Kier alpha value is -1.16. The van der Waals surface area contributed by atoms with Gasteiger partial charge in [-0.2, -0.15) is 0 Å². The second kappa shape index (κ2) is 4.61. The van der Waals surface area contributed by atoms with Crippen molar-refractivity contribution in [2.75, 3.05) is 17.7 Å². The number of hydrogen-bond donors (Lipinski definition) is 1. The van der Waals surface area contributed by atoms with Gasteiger partial charge < -0.3 is 10.0 Å². The summed E-state index contributed by atoms with van der Waals surface area (Å²) in [6.45, 7) is 4.19. The summed E-state index contributed by atoms with van der Waals surface area (Å²) in [4.78, 5) is 14.3. The average Bonchev–Trinajstić information content (AvgIpc) is 2.26. The smallest absolute Gasteiger partial charge is 0.305 e. The average molecular weight is 251 g/mol. The molecule has 17 heavy (non-hydrogen) atoms. The van der Waals surface area contributed by atoms with Crippen molar-refractivity contribution in [3.05, 3.63) is 23.3 Å². The van der Waals surface area contributed by atoms with Crippen LogP contribution in [0.1, 0.15) is 17.5 Å². The van der Waals surface area contributed by atoms with E-state index in [1.165, 1.54) is 21.7 Å². The second-order valence-electron chi connectivity index (χ2n) is 4.55. The fourth-order valence-electron chi connectivity index (χ4n) is 2.26. The van der Waals surface area contributed by atoms with Crippen molar-refractivity contribution in [2.45, 2.75) is 31.2 Å². The van der Waals surface area contributed by atoms with E-state index < -0.39 is 5.97 Å². The Bertz CT molecular complexity index is 459. The second-order valence-corrected chi connectivity index (χ2v) is 5.58. The SMILES string of the molecule is Cc1ccc(C)c2c1SCC(CC(=O)O)N2C. The van der Waals surface area contributed by atoms with E-state index in [9.17, 15) is 4.79 Å². The van der Waals surface area contributed by atoms with E-state index in [0.29, 0.717) is 0 Å². The molecule has 0 aromatic heterocycles. The largest absolute Gasteiger partial charge is 0.481 e. The first-order valence-electron chi connectivity index (χ1n) is 5.68. The van der Waals surface area contributed by atoms with Crippen LogP contribution in [0.3, 0.4) is 0 Å². The Balaban J connectivity index is 2.38. The van der Waals surface area contributed by atoms with E-state index in [0.717, 1.165) is 5.75 Å². The van der Waals surface area contributed by atoms with Crippen molar-refractivity contribution in [3.8, 4) is 0 Å². The maximum absolute atomic E-state index is 10.8. The third-order valence-corrected chi connectivity index (χ3v) is 4.62. The van der Waals surface area contributed by atoms with Gasteiger partial charge in [0.1, 0.15) is 0 Å². The lowest BCUT2D eigenvalue weighted by atomic mass is 10.1. The van der Waals surface area contributed by atoms with E-state index in [2.05, 4.69) is 30.9 Å². The topological polar surface area (TPSA) is 40.5 Å². The number of benzene rings is 1. The quantitative estimate of drug-likeness (QED) is 0.877. The molecule has 2 rings (SSSR count). The molecular formula is C13H17NO2S. The number of nitrogens with zero attached hydrogens (tertiary/aromatic N) is 1. The highest BCUT2D eigenvalue weighted by atomic mass is 32.2. The molecule has 1 unspecified atom stereocenters. The molecule has 1 aromatic carbocycles. The van der Waals surface area contributed by atoms with Gasteiger partial charge in [0.05, 0.1) is 12.1 Å². The molecule has 1 aliphatic heterocycles. The first-order valence-corrected chi connectivity index (χ1v) is 6.67. The molecule has 0 spiro atoms. The minimum Gasteiger partial charge on any atom is -0.481 e. The first-order chi connectivity index (χ1) is 8.00. The minimum absolute atomic E-state index is 0.0884. The molecular weight excluding hydrogens is 234 g/mol. The summed E-state index contributed by atoms with van der Waals surface area (Å²) in [5.41, 5.74) is 3.69. The number of hydrogen-bond acceptors (Lipinski definition) is 3. The van der Waals surface area contributed by atoms with Crippen LogP contribution in [-0.4, -0.2) is 29.9 Å². The first kappa shape index (κ1) is 12.3. The fourth-order valence-corrected chi connectivity index (χ4v) is 3.70. The third-order valence-electron chi connectivity index (χ3n) is 3.26. The van der Waals surface area contributed by atoms with Gasteiger partial charge in [-0.25, -0.2) is 0 Å². The molecule has 0 amide bonds. The lowest BCUT2D eigenvalue weighted by Crippen LogP contribution is -2.39. The van der Waals surface area contributed by atoms with Crippen molar-refractivity contribution >= 4 is 23.4 Å². The number of thioether (sulfide) groups is 1. The predicted molar refractivity (Wildman–Crippen MR) is 71.1 cm³/mol. The van der Waals surface area contributed by atoms with Crippen LogP contribution < -0.4 is 4.90 Å². The molecule has 0 radical (unpaired) electrons. The summed E-state index contributed by atoms with van der Waals surface area (Å²) >= 11 is 1.78. The summed E-state index contributed by atoms with van der Waals surface area (Å²) < 4.78 is 0. The van der Waals surface area contributed by atoms with E-state index >= 15 is 0 Å². The maximum atomic E-state index is 10.8. The number of aryl methyl sites for hydroxylation is 2. The highest BCUT2D eigenvalue weighted by molar-refractivity contribution is 7.99. The molecule has 0 fully saturated rings. The number of carboxylic acid groups (broad SMARTS) is 1. The number of carbonyl (C=O) groups is 1. The minimum atomic E-state index is -0.726. The highest BCUT2D eigenvalue weighted by Gasteiger charge is 2.27. The highest BCUT2D eigenvalue weighted by Crippen LogP contribution is 2.41. The molecule has 1 N–H and O–H groups in total. The zero-order valence-electron chi connectivity index (χ0n) is 10.4. The number of aliphatic carboxylic acids is 1. The van der Waals surface area contributed by atoms with E-state index in [1.54, 1.807) is 11.8 Å². The normalized spacial score (nSPS) is 19.0. The molecule has 0 aliphatic carbocycles. The zero-order valence-corrected chi connectivity index (χ0v) is 11.2. The van der Waals surface area contributed by atoms with Crippen molar-refractivity contribution in [2.24, 2.45) is 0 Å². The predicted octanol–water partition coefficient (Wildman–Crippen LogP) is 2.69. The molecule has 1 aliphatic rings. The third kappa shape index (κ3) is 2.27. The Labute approximate surface area is 106 Å². The summed E-state index contributed by atoms with van der Waals surface area (Å²) in [6.07, 6.45) is 0.205. The van der Waals surface area contributed by atoms with Gasteiger partial charge in [-0.15, -0.1) is 11.8 Å². The van der Waals surface area contributed by atoms with Crippen molar-refractivity contribution in [3.63, 3.8) is 0 Å².